The number of carbonyl (C=O) groups is 1. The number of ether oxygens (including phenoxy) is 1. The van der Waals surface area contributed by atoms with E-state index < -0.39 is 0 Å². The Balaban J connectivity index is 1.61. The number of hydrogen-bond acceptors (Lipinski definition) is 2. The summed E-state index contributed by atoms with van der Waals surface area (Å²) >= 11 is 0. The van der Waals surface area contributed by atoms with Crippen molar-refractivity contribution in [2.45, 2.75) is 38.3 Å². The largest absolute Gasteiger partial charge is 0.377 e. The normalized spacial score (nSPS) is 23.7. The molecule has 4 nitrogen and oxygen atoms in total. The molecule has 4 heteroatoms. The number of nitrogens with zero attached hydrogens (tertiary/aromatic N) is 1. The molecule has 1 N–H and O–H groups in total. The minimum absolute atomic E-state index is 0.0682. The molecule has 1 aliphatic carbocycles. The van der Waals surface area contributed by atoms with E-state index in [1.807, 2.05) is 17.9 Å². The van der Waals surface area contributed by atoms with Gasteiger partial charge < -0.3 is 15.0 Å². The summed E-state index contributed by atoms with van der Waals surface area (Å²) in [6.07, 6.45) is 3.39. The molecule has 1 aromatic carbocycles. The van der Waals surface area contributed by atoms with Crippen molar-refractivity contribution in [1.29, 1.82) is 0 Å². The zero-order valence-corrected chi connectivity index (χ0v) is 12.6. The molecule has 1 heterocycles. The van der Waals surface area contributed by atoms with Crippen LogP contribution < -0.4 is 5.32 Å². The Morgan fingerprint density at radius 1 is 1.38 bits per heavy atom. The fourth-order valence-electron chi connectivity index (χ4n) is 2.97. The van der Waals surface area contributed by atoms with Gasteiger partial charge >= 0.3 is 6.03 Å². The third-order valence-corrected chi connectivity index (χ3v) is 4.43. The molecular weight excluding hydrogens is 264 g/mol. The van der Waals surface area contributed by atoms with E-state index in [-0.39, 0.29) is 18.1 Å². The van der Waals surface area contributed by atoms with E-state index in [1.165, 1.54) is 18.4 Å². The molecule has 114 valence electrons. The third kappa shape index (κ3) is 3.76. The van der Waals surface area contributed by atoms with Gasteiger partial charge in [0.05, 0.1) is 19.3 Å². The summed E-state index contributed by atoms with van der Waals surface area (Å²) in [7, 11) is 0. The number of carbonyl (C=O) groups excluding carboxylic acids is 1. The van der Waals surface area contributed by atoms with Crippen molar-refractivity contribution in [2.75, 3.05) is 19.8 Å². The summed E-state index contributed by atoms with van der Waals surface area (Å²) in [6, 6.07) is 10.9. The quantitative estimate of drug-likeness (QED) is 0.924. The van der Waals surface area contributed by atoms with Crippen LogP contribution in [0.15, 0.2) is 30.3 Å². The molecule has 1 aromatic rings. The maximum absolute atomic E-state index is 12.5. The van der Waals surface area contributed by atoms with Crippen LogP contribution >= 0.6 is 0 Å². The zero-order valence-electron chi connectivity index (χ0n) is 12.6. The van der Waals surface area contributed by atoms with Gasteiger partial charge in [-0.15, -0.1) is 0 Å². The lowest BCUT2D eigenvalue weighted by molar-refractivity contribution is 0.0182. The van der Waals surface area contributed by atoms with Crippen molar-refractivity contribution in [3.05, 3.63) is 35.9 Å². The second-order valence-corrected chi connectivity index (χ2v) is 6.20. The highest BCUT2D eigenvalue weighted by Crippen LogP contribution is 2.34. The van der Waals surface area contributed by atoms with Crippen LogP contribution in [-0.2, 0) is 11.2 Å². The molecule has 3 rings (SSSR count). The zero-order chi connectivity index (χ0) is 14.7. The fourth-order valence-corrected chi connectivity index (χ4v) is 2.97. The van der Waals surface area contributed by atoms with Crippen LogP contribution in [0.4, 0.5) is 4.79 Å². The Hall–Kier alpha value is -1.55. The number of morpholine rings is 1. The van der Waals surface area contributed by atoms with E-state index in [2.05, 4.69) is 29.6 Å². The molecule has 2 atom stereocenters. The van der Waals surface area contributed by atoms with Crippen LogP contribution in [0.25, 0.3) is 0 Å². The standard InChI is InChI=1S/C17H24N2O2/c1-13-12-21-10-9-19(13)17(20)18-16(15-7-8-15)11-14-5-3-2-4-6-14/h2-6,13,15-16H,7-12H2,1H3,(H,18,20). The van der Waals surface area contributed by atoms with Gasteiger partial charge in [0, 0.05) is 12.6 Å². The molecule has 0 bridgehead atoms. The number of benzene rings is 1. The number of amides is 2. The molecule has 2 amide bonds. The Labute approximate surface area is 126 Å². The molecule has 2 unspecified atom stereocenters. The number of nitrogens with one attached hydrogen (secondary N) is 1. The minimum Gasteiger partial charge on any atom is -0.377 e. The van der Waals surface area contributed by atoms with Crippen molar-refractivity contribution in [1.82, 2.24) is 10.2 Å². The molecule has 2 fully saturated rings. The van der Waals surface area contributed by atoms with E-state index >= 15 is 0 Å². The van der Waals surface area contributed by atoms with Crippen molar-refractivity contribution >= 4 is 6.03 Å². The maximum atomic E-state index is 12.5. The lowest BCUT2D eigenvalue weighted by Crippen LogP contribution is -2.54. The first-order chi connectivity index (χ1) is 10.2. The predicted octanol–water partition coefficient (Wildman–Crippen LogP) is 2.44. The van der Waals surface area contributed by atoms with Gasteiger partial charge in [0.15, 0.2) is 0 Å². The topological polar surface area (TPSA) is 41.6 Å². The Kier molecular flexibility index (Phi) is 4.44. The molecule has 0 aromatic heterocycles. The van der Waals surface area contributed by atoms with E-state index in [9.17, 15) is 4.79 Å². The number of hydrogen-bond donors (Lipinski definition) is 1. The molecule has 1 aliphatic heterocycles. The summed E-state index contributed by atoms with van der Waals surface area (Å²) < 4.78 is 5.40. The highest BCUT2D eigenvalue weighted by atomic mass is 16.5. The van der Waals surface area contributed by atoms with Gasteiger partial charge in [-0.05, 0) is 37.7 Å². The van der Waals surface area contributed by atoms with Crippen LogP contribution in [0.3, 0.4) is 0 Å². The lowest BCUT2D eigenvalue weighted by Gasteiger charge is -2.34. The van der Waals surface area contributed by atoms with Crippen LogP contribution in [0.2, 0.25) is 0 Å². The summed E-state index contributed by atoms with van der Waals surface area (Å²) in [5.74, 6) is 0.644. The van der Waals surface area contributed by atoms with Crippen LogP contribution in [0, 0.1) is 5.92 Å². The first kappa shape index (κ1) is 14.4. The summed E-state index contributed by atoms with van der Waals surface area (Å²) in [6.45, 7) is 4.02. The average molecular weight is 288 g/mol. The Morgan fingerprint density at radius 2 is 2.14 bits per heavy atom. The molecule has 1 saturated heterocycles. The van der Waals surface area contributed by atoms with E-state index in [1.54, 1.807) is 0 Å². The van der Waals surface area contributed by atoms with E-state index in [4.69, 9.17) is 4.74 Å². The predicted molar refractivity (Wildman–Crippen MR) is 82.2 cm³/mol. The highest BCUT2D eigenvalue weighted by Gasteiger charge is 2.34. The van der Waals surface area contributed by atoms with E-state index in [0.29, 0.717) is 25.7 Å². The van der Waals surface area contributed by atoms with Gasteiger partial charge in [-0.2, -0.15) is 0 Å². The number of urea groups is 1. The van der Waals surface area contributed by atoms with Gasteiger partial charge in [-0.1, -0.05) is 30.3 Å². The smallest absolute Gasteiger partial charge is 0.318 e. The van der Waals surface area contributed by atoms with Crippen molar-refractivity contribution in [3.63, 3.8) is 0 Å². The van der Waals surface area contributed by atoms with Gasteiger partial charge in [0.25, 0.3) is 0 Å². The van der Waals surface area contributed by atoms with Gasteiger partial charge in [-0.25, -0.2) is 4.79 Å². The molecule has 1 saturated carbocycles. The molecule has 0 radical (unpaired) electrons. The van der Waals surface area contributed by atoms with Gasteiger partial charge in [0.2, 0.25) is 0 Å². The summed E-state index contributed by atoms with van der Waals surface area (Å²) in [5, 5.41) is 3.26. The van der Waals surface area contributed by atoms with Crippen molar-refractivity contribution < 1.29 is 9.53 Å². The highest BCUT2D eigenvalue weighted by molar-refractivity contribution is 5.75. The monoisotopic (exact) mass is 288 g/mol. The lowest BCUT2D eigenvalue weighted by atomic mass is 10.0. The SMILES string of the molecule is CC1COCCN1C(=O)NC(Cc1ccccc1)C1CC1. The summed E-state index contributed by atoms with van der Waals surface area (Å²) in [4.78, 5) is 14.4. The van der Waals surface area contributed by atoms with Crippen molar-refractivity contribution in [2.24, 2.45) is 5.92 Å². The summed E-state index contributed by atoms with van der Waals surface area (Å²) in [5.41, 5.74) is 1.30. The minimum atomic E-state index is 0.0682. The van der Waals surface area contributed by atoms with Crippen LogP contribution in [-0.4, -0.2) is 42.8 Å². The van der Waals surface area contributed by atoms with Crippen LogP contribution in [0.5, 0.6) is 0 Å². The van der Waals surface area contributed by atoms with E-state index in [0.717, 1.165) is 6.42 Å². The van der Waals surface area contributed by atoms with Crippen LogP contribution in [0.1, 0.15) is 25.3 Å². The molecule has 0 spiro atoms. The average Bonchev–Trinajstić information content (AvgIpc) is 3.32. The third-order valence-electron chi connectivity index (χ3n) is 4.43. The Morgan fingerprint density at radius 3 is 2.81 bits per heavy atom. The molecular formula is C17H24N2O2. The van der Waals surface area contributed by atoms with Crippen molar-refractivity contribution in [3.8, 4) is 0 Å². The molecule has 21 heavy (non-hydrogen) atoms. The first-order valence-electron chi connectivity index (χ1n) is 7.93. The van der Waals surface area contributed by atoms with Gasteiger partial charge in [-0.3, -0.25) is 0 Å². The second-order valence-electron chi connectivity index (χ2n) is 6.20. The number of rotatable bonds is 4. The Bertz CT molecular complexity index is 473. The maximum Gasteiger partial charge on any atom is 0.318 e. The van der Waals surface area contributed by atoms with Gasteiger partial charge in [0.1, 0.15) is 0 Å². The fraction of sp³-hybridized carbons (Fsp3) is 0.588. The second kappa shape index (κ2) is 6.48. The molecule has 2 aliphatic rings. The first-order valence-corrected chi connectivity index (χ1v) is 7.93.